The highest BCUT2D eigenvalue weighted by atomic mass is 16.3. The van der Waals surface area contributed by atoms with Crippen LogP contribution < -0.4 is 0 Å². The standard InChI is InChI=1S/C15H28O/c1-11(2)14-9-8-12(3)6-5-7-13(4)15(16)10-14/h8,11,13-16H,5-7,9-10H2,1-4H3/b12-8-/t13-,14-,15+/m0/s1. The van der Waals surface area contributed by atoms with E-state index in [0.717, 1.165) is 19.3 Å². The van der Waals surface area contributed by atoms with Gasteiger partial charge in [-0.25, -0.2) is 0 Å². The summed E-state index contributed by atoms with van der Waals surface area (Å²) in [5, 5.41) is 10.2. The van der Waals surface area contributed by atoms with Crippen LogP contribution in [0.15, 0.2) is 11.6 Å². The second kappa shape index (κ2) is 6.44. The van der Waals surface area contributed by atoms with Gasteiger partial charge in [-0.05, 0) is 56.8 Å². The van der Waals surface area contributed by atoms with Crippen LogP contribution in [0.3, 0.4) is 0 Å². The molecule has 1 rings (SSSR count). The van der Waals surface area contributed by atoms with E-state index in [0.29, 0.717) is 17.8 Å². The molecule has 0 saturated heterocycles. The SMILES string of the molecule is C/C1=C/C[C@H](C(C)C)C[C@@H](O)[C@@H](C)CCC1. The van der Waals surface area contributed by atoms with Gasteiger partial charge in [-0.1, -0.05) is 32.4 Å². The summed E-state index contributed by atoms with van der Waals surface area (Å²) in [5.41, 5.74) is 1.54. The largest absolute Gasteiger partial charge is 0.393 e. The Morgan fingerprint density at radius 1 is 1.38 bits per heavy atom. The monoisotopic (exact) mass is 224 g/mol. The molecule has 1 aliphatic carbocycles. The molecule has 0 bridgehead atoms. The van der Waals surface area contributed by atoms with Crippen molar-refractivity contribution < 1.29 is 5.11 Å². The average molecular weight is 224 g/mol. The molecule has 1 N–H and O–H groups in total. The summed E-state index contributed by atoms with van der Waals surface area (Å²) < 4.78 is 0. The lowest BCUT2D eigenvalue weighted by molar-refractivity contribution is 0.0753. The van der Waals surface area contributed by atoms with Gasteiger partial charge in [0.05, 0.1) is 6.10 Å². The quantitative estimate of drug-likeness (QED) is 0.663. The second-order valence-corrected chi connectivity index (χ2v) is 5.96. The molecule has 0 saturated carbocycles. The predicted molar refractivity (Wildman–Crippen MR) is 70.3 cm³/mol. The highest BCUT2D eigenvalue weighted by molar-refractivity contribution is 4.99. The smallest absolute Gasteiger partial charge is 0.0568 e. The molecule has 0 heterocycles. The molecule has 1 aliphatic rings. The zero-order valence-corrected chi connectivity index (χ0v) is 11.4. The zero-order chi connectivity index (χ0) is 12.1. The minimum absolute atomic E-state index is 0.0980. The lowest BCUT2D eigenvalue weighted by atomic mass is 9.81. The summed E-state index contributed by atoms with van der Waals surface area (Å²) in [4.78, 5) is 0. The third kappa shape index (κ3) is 4.29. The van der Waals surface area contributed by atoms with Crippen molar-refractivity contribution in [2.75, 3.05) is 0 Å². The molecule has 3 atom stereocenters. The van der Waals surface area contributed by atoms with Crippen LogP contribution in [-0.4, -0.2) is 11.2 Å². The van der Waals surface area contributed by atoms with Gasteiger partial charge in [0.15, 0.2) is 0 Å². The minimum atomic E-state index is -0.0980. The zero-order valence-electron chi connectivity index (χ0n) is 11.4. The molecule has 1 nitrogen and oxygen atoms in total. The van der Waals surface area contributed by atoms with Crippen LogP contribution in [0.2, 0.25) is 0 Å². The Bertz CT molecular complexity index is 230. The molecular weight excluding hydrogens is 196 g/mol. The van der Waals surface area contributed by atoms with Crippen molar-refractivity contribution in [3.63, 3.8) is 0 Å². The molecule has 0 radical (unpaired) electrons. The Morgan fingerprint density at radius 3 is 2.69 bits per heavy atom. The fraction of sp³-hybridized carbons (Fsp3) is 0.867. The van der Waals surface area contributed by atoms with Gasteiger partial charge >= 0.3 is 0 Å². The second-order valence-electron chi connectivity index (χ2n) is 5.96. The first-order valence-corrected chi connectivity index (χ1v) is 6.84. The first-order chi connectivity index (χ1) is 7.50. The number of rotatable bonds is 1. The molecule has 0 spiro atoms. The predicted octanol–water partition coefficient (Wildman–Crippen LogP) is 4.17. The van der Waals surface area contributed by atoms with Crippen molar-refractivity contribution >= 4 is 0 Å². The molecule has 0 aliphatic heterocycles. The maximum Gasteiger partial charge on any atom is 0.0568 e. The summed E-state index contributed by atoms with van der Waals surface area (Å²) >= 11 is 0. The summed E-state index contributed by atoms with van der Waals surface area (Å²) in [6, 6.07) is 0. The summed E-state index contributed by atoms with van der Waals surface area (Å²) in [6.45, 7) is 9.00. The van der Waals surface area contributed by atoms with Crippen molar-refractivity contribution in [2.24, 2.45) is 17.8 Å². The number of allylic oxidation sites excluding steroid dienone is 2. The average Bonchev–Trinajstić information content (AvgIpc) is 2.22. The lowest BCUT2D eigenvalue weighted by Crippen LogP contribution is -2.24. The fourth-order valence-corrected chi connectivity index (χ4v) is 2.53. The van der Waals surface area contributed by atoms with E-state index in [2.05, 4.69) is 33.8 Å². The number of hydrogen-bond donors (Lipinski definition) is 1. The van der Waals surface area contributed by atoms with E-state index in [1.54, 1.807) is 0 Å². The van der Waals surface area contributed by atoms with Gasteiger partial charge in [0.1, 0.15) is 0 Å². The third-order valence-corrected chi connectivity index (χ3v) is 4.14. The molecular formula is C15H28O. The van der Waals surface area contributed by atoms with E-state index < -0.39 is 0 Å². The van der Waals surface area contributed by atoms with Gasteiger partial charge in [-0.3, -0.25) is 0 Å². The van der Waals surface area contributed by atoms with Crippen molar-refractivity contribution in [3.8, 4) is 0 Å². The molecule has 0 fully saturated rings. The van der Waals surface area contributed by atoms with Crippen molar-refractivity contribution in [1.82, 2.24) is 0 Å². The third-order valence-electron chi connectivity index (χ3n) is 4.14. The van der Waals surface area contributed by atoms with E-state index in [9.17, 15) is 5.11 Å². The molecule has 0 aromatic heterocycles. The van der Waals surface area contributed by atoms with Gasteiger partial charge in [0.25, 0.3) is 0 Å². The van der Waals surface area contributed by atoms with Gasteiger partial charge in [-0.2, -0.15) is 0 Å². The van der Waals surface area contributed by atoms with E-state index in [-0.39, 0.29) is 6.10 Å². The normalized spacial score (nSPS) is 36.9. The number of aliphatic hydroxyl groups excluding tert-OH is 1. The van der Waals surface area contributed by atoms with Crippen LogP contribution >= 0.6 is 0 Å². The van der Waals surface area contributed by atoms with Gasteiger partial charge in [0, 0.05) is 0 Å². The van der Waals surface area contributed by atoms with E-state index >= 15 is 0 Å². The van der Waals surface area contributed by atoms with Gasteiger partial charge in [-0.15, -0.1) is 0 Å². The highest BCUT2D eigenvalue weighted by Crippen LogP contribution is 2.28. The highest BCUT2D eigenvalue weighted by Gasteiger charge is 2.22. The number of hydrogen-bond acceptors (Lipinski definition) is 1. The Morgan fingerprint density at radius 2 is 2.06 bits per heavy atom. The van der Waals surface area contributed by atoms with Crippen molar-refractivity contribution in [2.45, 2.75) is 65.9 Å². The molecule has 0 aromatic carbocycles. The maximum absolute atomic E-state index is 10.2. The van der Waals surface area contributed by atoms with Crippen LogP contribution in [0, 0.1) is 17.8 Å². The molecule has 1 heteroatoms. The van der Waals surface area contributed by atoms with Gasteiger partial charge < -0.3 is 5.11 Å². The van der Waals surface area contributed by atoms with Crippen LogP contribution in [0.1, 0.15) is 59.8 Å². The molecule has 0 amide bonds. The van der Waals surface area contributed by atoms with Crippen molar-refractivity contribution in [1.29, 1.82) is 0 Å². The Kier molecular flexibility index (Phi) is 5.54. The summed E-state index contributed by atoms with van der Waals surface area (Å²) in [7, 11) is 0. The summed E-state index contributed by atoms with van der Waals surface area (Å²) in [6.07, 6.45) is 8.02. The molecule has 0 unspecified atom stereocenters. The maximum atomic E-state index is 10.2. The summed E-state index contributed by atoms with van der Waals surface area (Å²) in [5.74, 6) is 1.78. The Balaban J connectivity index is 2.69. The molecule has 94 valence electrons. The first-order valence-electron chi connectivity index (χ1n) is 6.84. The van der Waals surface area contributed by atoms with Crippen LogP contribution in [0.25, 0.3) is 0 Å². The van der Waals surface area contributed by atoms with E-state index in [4.69, 9.17) is 0 Å². The molecule has 0 aromatic rings. The van der Waals surface area contributed by atoms with Crippen molar-refractivity contribution in [3.05, 3.63) is 11.6 Å². The fourth-order valence-electron chi connectivity index (χ4n) is 2.53. The van der Waals surface area contributed by atoms with Crippen LogP contribution in [-0.2, 0) is 0 Å². The topological polar surface area (TPSA) is 20.2 Å². The van der Waals surface area contributed by atoms with Crippen LogP contribution in [0.5, 0.6) is 0 Å². The Hall–Kier alpha value is -0.300. The van der Waals surface area contributed by atoms with E-state index in [1.165, 1.54) is 18.4 Å². The van der Waals surface area contributed by atoms with Gasteiger partial charge in [0.2, 0.25) is 0 Å². The lowest BCUT2D eigenvalue weighted by Gasteiger charge is -2.27. The Labute approximate surface area is 101 Å². The minimum Gasteiger partial charge on any atom is -0.393 e. The van der Waals surface area contributed by atoms with Crippen LogP contribution in [0.4, 0.5) is 0 Å². The molecule has 16 heavy (non-hydrogen) atoms. The number of aliphatic hydroxyl groups is 1. The first kappa shape index (κ1) is 13.8. The van der Waals surface area contributed by atoms with E-state index in [1.807, 2.05) is 0 Å².